The molecular formula is C28H33NO4. The van der Waals surface area contributed by atoms with E-state index in [1.54, 1.807) is 6.92 Å². The van der Waals surface area contributed by atoms with Gasteiger partial charge in [-0.15, -0.1) is 0 Å². The van der Waals surface area contributed by atoms with Crippen LogP contribution in [-0.4, -0.2) is 23.1 Å². The van der Waals surface area contributed by atoms with E-state index in [-0.39, 0.29) is 29.4 Å². The minimum Gasteiger partial charge on any atom is -0.451 e. The molecule has 1 aromatic carbocycles. The fraction of sp³-hybridized carbons (Fsp3) is 0.536. The molecule has 4 aliphatic carbocycles. The first kappa shape index (κ1) is 22.1. The van der Waals surface area contributed by atoms with Crippen molar-refractivity contribution in [2.24, 2.45) is 17.3 Å². The lowest BCUT2D eigenvalue weighted by Gasteiger charge is -2.55. The molecular weight excluding hydrogens is 414 g/mol. The molecule has 0 radical (unpaired) electrons. The zero-order valence-electron chi connectivity index (χ0n) is 19.8. The molecule has 0 aliphatic heterocycles. The monoisotopic (exact) mass is 447 g/mol. The van der Waals surface area contributed by atoms with Crippen LogP contribution in [0.3, 0.4) is 0 Å². The molecule has 4 aliphatic rings. The lowest BCUT2D eigenvalue weighted by Crippen LogP contribution is -2.57. The normalized spacial score (nSPS) is 35.3. The number of ether oxygens (including phenoxy) is 1. The summed E-state index contributed by atoms with van der Waals surface area (Å²) in [6, 6.07) is 8.06. The van der Waals surface area contributed by atoms with Crippen LogP contribution in [0.5, 0.6) is 0 Å². The van der Waals surface area contributed by atoms with Crippen LogP contribution in [0.2, 0.25) is 0 Å². The third-order valence-corrected chi connectivity index (χ3v) is 9.08. The van der Waals surface area contributed by atoms with Crippen LogP contribution < -0.4 is 5.73 Å². The third-order valence-electron chi connectivity index (χ3n) is 9.08. The number of allylic oxidation sites excluding steroid dienone is 4. The van der Waals surface area contributed by atoms with E-state index in [1.165, 1.54) is 29.2 Å². The molecule has 5 heteroatoms. The number of rotatable bonds is 3. The molecule has 5 atom stereocenters. The number of Topliss-reactive ketones (excluding diaryl/α,β-unsaturated/α-hetero) is 1. The summed E-state index contributed by atoms with van der Waals surface area (Å²) in [4.78, 5) is 37.5. The van der Waals surface area contributed by atoms with Crippen LogP contribution in [-0.2, 0) is 19.1 Å². The Morgan fingerprint density at radius 3 is 2.45 bits per heavy atom. The molecule has 0 heterocycles. The SMILES string of the molecule is CC(=O)OC1(C(C)=O)CCC2C3CCC4=CC(=O)CCC4=C3C(c3ccc(N)cc3)C[C@@]21C. The minimum absolute atomic E-state index is 0.0467. The van der Waals surface area contributed by atoms with E-state index in [2.05, 4.69) is 19.1 Å². The van der Waals surface area contributed by atoms with Gasteiger partial charge >= 0.3 is 5.97 Å². The quantitative estimate of drug-likeness (QED) is 0.517. The van der Waals surface area contributed by atoms with Gasteiger partial charge in [0.05, 0.1) is 0 Å². The predicted octanol–water partition coefficient (Wildman–Crippen LogP) is 5.06. The molecule has 174 valence electrons. The molecule has 0 spiro atoms. The smallest absolute Gasteiger partial charge is 0.303 e. The van der Waals surface area contributed by atoms with Crippen molar-refractivity contribution < 1.29 is 19.1 Å². The standard InChI is InChI=1S/C28H33NO4/c1-16(30)28(33-17(2)31)13-12-25-23-10-6-19-14-21(32)9-11-22(19)26(23)24(15-27(25,28)3)18-4-7-20(29)8-5-18/h4-5,7-8,14,23-25H,6,9-13,15,29H2,1-3H3/t23?,24?,25?,27-,28?/m0/s1. The van der Waals surface area contributed by atoms with Crippen molar-refractivity contribution in [2.75, 3.05) is 5.73 Å². The van der Waals surface area contributed by atoms with Crippen LogP contribution >= 0.6 is 0 Å². The van der Waals surface area contributed by atoms with E-state index >= 15 is 0 Å². The summed E-state index contributed by atoms with van der Waals surface area (Å²) in [6.07, 6.45) is 7.29. The first-order valence-corrected chi connectivity index (χ1v) is 12.2. The van der Waals surface area contributed by atoms with E-state index < -0.39 is 11.0 Å². The van der Waals surface area contributed by atoms with Gasteiger partial charge in [0.2, 0.25) is 0 Å². The van der Waals surface area contributed by atoms with Crippen molar-refractivity contribution in [1.29, 1.82) is 0 Å². The molecule has 2 fully saturated rings. The zero-order valence-corrected chi connectivity index (χ0v) is 19.8. The number of hydrogen-bond acceptors (Lipinski definition) is 5. The molecule has 33 heavy (non-hydrogen) atoms. The molecule has 5 nitrogen and oxygen atoms in total. The maximum absolute atomic E-state index is 13.1. The van der Waals surface area contributed by atoms with Crippen molar-refractivity contribution in [1.82, 2.24) is 0 Å². The summed E-state index contributed by atoms with van der Waals surface area (Å²) in [5.74, 6) is 0.491. The molecule has 1 aromatic rings. The van der Waals surface area contributed by atoms with Crippen molar-refractivity contribution in [3.63, 3.8) is 0 Å². The van der Waals surface area contributed by atoms with E-state index in [4.69, 9.17) is 10.5 Å². The van der Waals surface area contributed by atoms with Crippen molar-refractivity contribution in [3.8, 4) is 0 Å². The number of fused-ring (bicyclic) bond motifs is 4. The molecule has 5 rings (SSSR count). The Morgan fingerprint density at radius 1 is 1.06 bits per heavy atom. The number of esters is 1. The first-order valence-electron chi connectivity index (χ1n) is 12.2. The fourth-order valence-electron chi connectivity index (χ4n) is 7.74. The van der Waals surface area contributed by atoms with Crippen molar-refractivity contribution in [3.05, 3.63) is 52.6 Å². The third kappa shape index (κ3) is 3.23. The number of nitrogen functional groups attached to an aromatic ring is 1. The molecule has 0 saturated heterocycles. The van der Waals surface area contributed by atoms with Crippen molar-refractivity contribution >= 4 is 23.2 Å². The summed E-state index contributed by atoms with van der Waals surface area (Å²) in [5, 5.41) is 0. The highest BCUT2D eigenvalue weighted by atomic mass is 16.6. The fourth-order valence-corrected chi connectivity index (χ4v) is 7.74. The van der Waals surface area contributed by atoms with Crippen LogP contribution in [0.1, 0.15) is 77.2 Å². The molecule has 2 saturated carbocycles. The predicted molar refractivity (Wildman–Crippen MR) is 126 cm³/mol. The number of ketones is 2. The number of benzene rings is 1. The highest BCUT2D eigenvalue weighted by molar-refractivity contribution is 5.93. The molecule has 4 unspecified atom stereocenters. The number of carbonyl (C=O) groups is 3. The minimum atomic E-state index is -1.08. The van der Waals surface area contributed by atoms with Gasteiger partial charge in [-0.05, 0) is 92.2 Å². The summed E-state index contributed by atoms with van der Waals surface area (Å²) in [7, 11) is 0. The molecule has 0 amide bonds. The van der Waals surface area contributed by atoms with Gasteiger partial charge in [-0.2, -0.15) is 0 Å². The molecule has 2 N–H and O–H groups in total. The van der Waals surface area contributed by atoms with Gasteiger partial charge in [0.1, 0.15) is 0 Å². The summed E-state index contributed by atoms with van der Waals surface area (Å²) < 4.78 is 5.96. The summed E-state index contributed by atoms with van der Waals surface area (Å²) in [5.41, 5.74) is 10.4. The maximum Gasteiger partial charge on any atom is 0.303 e. The Bertz CT molecular complexity index is 1100. The largest absolute Gasteiger partial charge is 0.451 e. The van der Waals surface area contributed by atoms with E-state index in [1.807, 2.05) is 18.2 Å². The molecule has 0 bridgehead atoms. The number of nitrogens with two attached hydrogens (primary N) is 1. The Morgan fingerprint density at radius 2 is 1.79 bits per heavy atom. The maximum atomic E-state index is 13.1. The average Bonchev–Trinajstić information content (AvgIpc) is 3.06. The van der Waals surface area contributed by atoms with Gasteiger partial charge in [-0.1, -0.05) is 24.6 Å². The Kier molecular flexibility index (Phi) is 5.15. The second-order valence-corrected chi connectivity index (χ2v) is 10.7. The van der Waals surface area contributed by atoms with E-state index in [0.717, 1.165) is 37.8 Å². The Hall–Kier alpha value is -2.69. The van der Waals surface area contributed by atoms with Crippen LogP contribution in [0.25, 0.3) is 0 Å². The highest BCUT2D eigenvalue weighted by Crippen LogP contribution is 2.67. The van der Waals surface area contributed by atoms with Crippen LogP contribution in [0.15, 0.2) is 47.1 Å². The van der Waals surface area contributed by atoms with Gasteiger partial charge in [-0.3, -0.25) is 14.4 Å². The van der Waals surface area contributed by atoms with Crippen LogP contribution in [0.4, 0.5) is 5.69 Å². The number of anilines is 1. The second kappa shape index (κ2) is 7.68. The number of carbonyl (C=O) groups excluding carboxylic acids is 3. The summed E-state index contributed by atoms with van der Waals surface area (Å²) >= 11 is 0. The highest BCUT2D eigenvalue weighted by Gasteiger charge is 2.67. The van der Waals surface area contributed by atoms with E-state index in [9.17, 15) is 14.4 Å². The first-order chi connectivity index (χ1) is 15.7. The lowest BCUT2D eigenvalue weighted by atomic mass is 9.50. The topological polar surface area (TPSA) is 86.5 Å². The Balaban J connectivity index is 1.70. The second-order valence-electron chi connectivity index (χ2n) is 10.7. The lowest BCUT2D eigenvalue weighted by molar-refractivity contribution is -0.182. The molecule has 0 aromatic heterocycles. The van der Waals surface area contributed by atoms with Gasteiger partial charge in [0.15, 0.2) is 17.2 Å². The van der Waals surface area contributed by atoms with Gasteiger partial charge in [0, 0.05) is 30.4 Å². The van der Waals surface area contributed by atoms with E-state index in [0.29, 0.717) is 18.8 Å². The zero-order chi connectivity index (χ0) is 23.5. The van der Waals surface area contributed by atoms with Gasteiger partial charge in [0.25, 0.3) is 0 Å². The Labute approximate surface area is 195 Å². The average molecular weight is 448 g/mol. The summed E-state index contributed by atoms with van der Waals surface area (Å²) in [6.45, 7) is 5.17. The van der Waals surface area contributed by atoms with Gasteiger partial charge in [-0.25, -0.2) is 0 Å². The van der Waals surface area contributed by atoms with Gasteiger partial charge < -0.3 is 10.5 Å². The van der Waals surface area contributed by atoms with Crippen LogP contribution in [0, 0.1) is 17.3 Å². The number of hydrogen-bond donors (Lipinski definition) is 1. The van der Waals surface area contributed by atoms with Crippen molar-refractivity contribution in [2.45, 2.75) is 77.2 Å².